The van der Waals surface area contributed by atoms with Crippen LogP contribution in [0.1, 0.15) is 36.8 Å². The van der Waals surface area contributed by atoms with Crippen LogP contribution in [-0.2, 0) is 13.0 Å². The number of hydrogen-bond donors (Lipinski definition) is 1. The predicted octanol–water partition coefficient (Wildman–Crippen LogP) is 4.76. The molecule has 3 heteroatoms. The van der Waals surface area contributed by atoms with Gasteiger partial charge in [-0.05, 0) is 50.3 Å². The van der Waals surface area contributed by atoms with Crippen LogP contribution in [0, 0.1) is 0 Å². The molecule has 23 heavy (non-hydrogen) atoms. The van der Waals surface area contributed by atoms with E-state index >= 15 is 0 Å². The fraction of sp³-hybridized carbons (Fsp3) is 0.400. The van der Waals surface area contributed by atoms with Gasteiger partial charge < -0.3 is 10.1 Å². The van der Waals surface area contributed by atoms with E-state index in [0.29, 0.717) is 6.10 Å². The molecule has 2 nitrogen and oxygen atoms in total. The van der Waals surface area contributed by atoms with Crippen molar-refractivity contribution in [2.75, 3.05) is 6.54 Å². The summed E-state index contributed by atoms with van der Waals surface area (Å²) in [6.45, 7) is 1.86. The average Bonchev–Trinajstić information content (AvgIpc) is 3.07. The molecule has 0 atom stereocenters. The number of ether oxygens (including phenoxy) is 1. The molecule has 1 saturated carbocycles. The first-order chi connectivity index (χ1) is 10.9. The minimum atomic E-state index is 0. The van der Waals surface area contributed by atoms with Crippen molar-refractivity contribution in [2.45, 2.75) is 44.8 Å². The second kappa shape index (κ2) is 9.59. The third kappa shape index (κ3) is 5.56. The van der Waals surface area contributed by atoms with Crippen LogP contribution in [-0.4, -0.2) is 12.6 Å². The molecule has 1 aliphatic carbocycles. The smallest absolute Gasteiger partial charge is 0.124 e. The molecule has 0 amide bonds. The van der Waals surface area contributed by atoms with Gasteiger partial charge in [0.05, 0.1) is 6.10 Å². The van der Waals surface area contributed by atoms with Gasteiger partial charge in [0.25, 0.3) is 0 Å². The molecule has 0 aliphatic heterocycles. The van der Waals surface area contributed by atoms with E-state index in [2.05, 4.69) is 59.9 Å². The molecule has 0 bridgehead atoms. The highest BCUT2D eigenvalue weighted by atomic mass is 35.5. The Balaban J connectivity index is 0.00000192. The third-order valence-corrected chi connectivity index (χ3v) is 4.32. The lowest BCUT2D eigenvalue weighted by molar-refractivity contribution is 0.207. The lowest BCUT2D eigenvalue weighted by Gasteiger charge is -2.16. The zero-order valence-corrected chi connectivity index (χ0v) is 14.4. The average molecular weight is 332 g/mol. The number of halogens is 1. The van der Waals surface area contributed by atoms with Crippen LogP contribution in [0.25, 0.3) is 0 Å². The SMILES string of the molecule is Cl.c1ccc(CCNCc2ccccc2OC2CCCC2)cc1. The molecule has 0 spiro atoms. The van der Waals surface area contributed by atoms with E-state index in [1.807, 2.05) is 0 Å². The van der Waals surface area contributed by atoms with Crippen LogP contribution in [0.2, 0.25) is 0 Å². The largest absolute Gasteiger partial charge is 0.490 e. The van der Waals surface area contributed by atoms with Crippen molar-refractivity contribution in [2.24, 2.45) is 0 Å². The molecule has 0 aromatic heterocycles. The number of benzene rings is 2. The maximum atomic E-state index is 6.18. The number of nitrogens with one attached hydrogen (secondary N) is 1. The van der Waals surface area contributed by atoms with E-state index in [4.69, 9.17) is 4.74 Å². The Bertz CT molecular complexity index is 567. The van der Waals surface area contributed by atoms with Crippen LogP contribution in [0.4, 0.5) is 0 Å². The molecule has 124 valence electrons. The molecule has 1 fully saturated rings. The van der Waals surface area contributed by atoms with Crippen LogP contribution in [0.5, 0.6) is 5.75 Å². The normalized spacial score (nSPS) is 14.4. The van der Waals surface area contributed by atoms with Gasteiger partial charge in [-0.2, -0.15) is 0 Å². The predicted molar refractivity (Wildman–Crippen MR) is 98.4 cm³/mol. The highest BCUT2D eigenvalue weighted by Crippen LogP contribution is 2.26. The van der Waals surface area contributed by atoms with Gasteiger partial charge in [-0.25, -0.2) is 0 Å². The fourth-order valence-electron chi connectivity index (χ4n) is 3.05. The summed E-state index contributed by atoms with van der Waals surface area (Å²) in [4.78, 5) is 0. The Hall–Kier alpha value is -1.51. The van der Waals surface area contributed by atoms with E-state index in [1.54, 1.807) is 0 Å². The summed E-state index contributed by atoms with van der Waals surface area (Å²) in [5, 5.41) is 3.54. The maximum absolute atomic E-state index is 6.18. The summed E-state index contributed by atoms with van der Waals surface area (Å²) in [6, 6.07) is 19.0. The summed E-state index contributed by atoms with van der Waals surface area (Å²) in [7, 11) is 0. The molecule has 2 aromatic carbocycles. The van der Waals surface area contributed by atoms with Gasteiger partial charge in [0.15, 0.2) is 0 Å². The quantitative estimate of drug-likeness (QED) is 0.738. The summed E-state index contributed by atoms with van der Waals surface area (Å²) >= 11 is 0. The third-order valence-electron chi connectivity index (χ3n) is 4.32. The molecule has 2 aromatic rings. The van der Waals surface area contributed by atoms with Gasteiger partial charge in [0, 0.05) is 12.1 Å². The Morgan fingerprint density at radius 1 is 0.913 bits per heavy atom. The van der Waals surface area contributed by atoms with Crippen molar-refractivity contribution >= 4 is 12.4 Å². The second-order valence-corrected chi connectivity index (χ2v) is 6.04. The van der Waals surface area contributed by atoms with E-state index in [0.717, 1.165) is 25.3 Å². The maximum Gasteiger partial charge on any atom is 0.124 e. The molecular weight excluding hydrogens is 306 g/mol. The molecule has 1 N–H and O–H groups in total. The van der Waals surface area contributed by atoms with Gasteiger partial charge in [0.2, 0.25) is 0 Å². The van der Waals surface area contributed by atoms with Crippen molar-refractivity contribution in [1.29, 1.82) is 0 Å². The topological polar surface area (TPSA) is 21.3 Å². The molecule has 3 rings (SSSR count). The number of hydrogen-bond acceptors (Lipinski definition) is 2. The molecule has 0 unspecified atom stereocenters. The summed E-state index contributed by atoms with van der Waals surface area (Å²) in [5.41, 5.74) is 2.65. The highest BCUT2D eigenvalue weighted by Gasteiger charge is 2.17. The highest BCUT2D eigenvalue weighted by molar-refractivity contribution is 5.85. The Labute approximate surface area is 145 Å². The summed E-state index contributed by atoms with van der Waals surface area (Å²) < 4.78 is 6.18. The van der Waals surface area contributed by atoms with Gasteiger partial charge in [-0.1, -0.05) is 48.5 Å². The lowest BCUT2D eigenvalue weighted by atomic mass is 10.1. The van der Waals surface area contributed by atoms with Crippen LogP contribution in [0.15, 0.2) is 54.6 Å². The minimum Gasteiger partial charge on any atom is -0.490 e. The zero-order chi connectivity index (χ0) is 15.0. The van der Waals surface area contributed by atoms with E-state index in [9.17, 15) is 0 Å². The van der Waals surface area contributed by atoms with Crippen molar-refractivity contribution in [3.8, 4) is 5.75 Å². The molecule has 0 saturated heterocycles. The second-order valence-electron chi connectivity index (χ2n) is 6.04. The van der Waals surface area contributed by atoms with Crippen LogP contribution in [0.3, 0.4) is 0 Å². The molecular formula is C20H26ClNO. The Morgan fingerprint density at radius 3 is 2.39 bits per heavy atom. The van der Waals surface area contributed by atoms with Crippen molar-refractivity contribution in [3.63, 3.8) is 0 Å². The van der Waals surface area contributed by atoms with E-state index in [-0.39, 0.29) is 12.4 Å². The molecule has 1 aliphatic rings. The first-order valence-electron chi connectivity index (χ1n) is 8.41. The first-order valence-corrected chi connectivity index (χ1v) is 8.41. The minimum absolute atomic E-state index is 0. The fourth-order valence-corrected chi connectivity index (χ4v) is 3.05. The van der Waals surface area contributed by atoms with Crippen molar-refractivity contribution in [1.82, 2.24) is 5.32 Å². The summed E-state index contributed by atoms with van der Waals surface area (Å²) in [5.74, 6) is 1.06. The summed E-state index contributed by atoms with van der Waals surface area (Å²) in [6.07, 6.45) is 6.51. The number of rotatable bonds is 7. The lowest BCUT2D eigenvalue weighted by Crippen LogP contribution is -2.18. The van der Waals surface area contributed by atoms with E-state index < -0.39 is 0 Å². The van der Waals surface area contributed by atoms with Gasteiger partial charge in [-0.3, -0.25) is 0 Å². The van der Waals surface area contributed by atoms with Gasteiger partial charge in [0.1, 0.15) is 5.75 Å². The molecule has 0 heterocycles. The van der Waals surface area contributed by atoms with Crippen LogP contribution >= 0.6 is 12.4 Å². The van der Waals surface area contributed by atoms with Gasteiger partial charge >= 0.3 is 0 Å². The van der Waals surface area contributed by atoms with E-state index in [1.165, 1.54) is 36.8 Å². The Kier molecular flexibility index (Phi) is 7.44. The van der Waals surface area contributed by atoms with Gasteiger partial charge in [-0.15, -0.1) is 12.4 Å². The Morgan fingerprint density at radius 2 is 1.61 bits per heavy atom. The van der Waals surface area contributed by atoms with Crippen molar-refractivity contribution < 1.29 is 4.74 Å². The monoisotopic (exact) mass is 331 g/mol. The van der Waals surface area contributed by atoms with Crippen molar-refractivity contribution in [3.05, 3.63) is 65.7 Å². The zero-order valence-electron chi connectivity index (χ0n) is 13.5. The number of para-hydroxylation sites is 1. The molecule has 0 radical (unpaired) electrons. The first kappa shape index (κ1) is 17.8. The van der Waals surface area contributed by atoms with Crippen LogP contribution < -0.4 is 10.1 Å². The standard InChI is InChI=1S/C20H25NO.ClH/c1-2-8-17(9-3-1)14-15-21-16-18-10-4-7-13-20(18)22-19-11-5-6-12-19;/h1-4,7-10,13,19,21H,5-6,11-12,14-16H2;1H.